The molecule has 0 aliphatic heterocycles. The monoisotopic (exact) mass is 311 g/mol. The van der Waals surface area contributed by atoms with Gasteiger partial charge in [0, 0.05) is 12.1 Å². The van der Waals surface area contributed by atoms with E-state index in [0.29, 0.717) is 10.7 Å². The summed E-state index contributed by atoms with van der Waals surface area (Å²) in [6.45, 7) is 2.04. The second kappa shape index (κ2) is 6.71. The van der Waals surface area contributed by atoms with Crippen LogP contribution in [0, 0.1) is 12.7 Å². The van der Waals surface area contributed by atoms with Gasteiger partial charge in [-0.3, -0.25) is 4.79 Å². The maximum Gasteiger partial charge on any atom is 0.230 e. The van der Waals surface area contributed by atoms with Gasteiger partial charge < -0.3 is 11.1 Å². The third-order valence-electron chi connectivity index (χ3n) is 2.54. The van der Waals surface area contributed by atoms with Crippen LogP contribution in [0.4, 0.5) is 9.52 Å². The molecule has 4 nitrogen and oxygen atoms in total. The van der Waals surface area contributed by atoms with Crippen LogP contribution in [-0.4, -0.2) is 16.6 Å². The van der Waals surface area contributed by atoms with E-state index >= 15 is 0 Å². The van der Waals surface area contributed by atoms with Crippen molar-refractivity contribution in [3.05, 3.63) is 41.3 Å². The molecule has 0 fully saturated rings. The van der Waals surface area contributed by atoms with Gasteiger partial charge in [0.2, 0.25) is 5.91 Å². The van der Waals surface area contributed by atoms with Crippen molar-refractivity contribution in [1.82, 2.24) is 10.3 Å². The van der Waals surface area contributed by atoms with Crippen LogP contribution >= 0.6 is 23.1 Å². The number of nitrogens with two attached hydrogens (primary N) is 1. The fraction of sp³-hybridized carbons (Fsp3) is 0.231. The lowest BCUT2D eigenvalue weighted by molar-refractivity contribution is -0.118. The maximum absolute atomic E-state index is 13.4. The minimum Gasteiger partial charge on any atom is -0.375 e. The molecule has 1 aromatic heterocycles. The lowest BCUT2D eigenvalue weighted by Gasteiger charge is -2.05. The first-order valence-corrected chi connectivity index (χ1v) is 7.72. The number of nitrogens with zero attached hydrogens (tertiary/aromatic N) is 1. The van der Waals surface area contributed by atoms with Crippen molar-refractivity contribution in [2.75, 3.05) is 11.5 Å². The molecule has 0 atom stereocenters. The molecule has 0 aliphatic carbocycles. The van der Waals surface area contributed by atoms with Crippen molar-refractivity contribution in [3.8, 4) is 0 Å². The van der Waals surface area contributed by atoms with E-state index in [-0.39, 0.29) is 24.0 Å². The van der Waals surface area contributed by atoms with Gasteiger partial charge in [-0.15, -0.1) is 11.8 Å². The Labute approximate surface area is 124 Å². The van der Waals surface area contributed by atoms with Crippen LogP contribution in [0.15, 0.2) is 28.5 Å². The standard InChI is InChI=1S/C13H14FN3OS2/c1-8-12(20-13(15)17-8)19-7-11(18)16-6-9-4-2-3-5-10(9)14/h2-5H,6-7H2,1H3,(H2,15,17)(H,16,18). The topological polar surface area (TPSA) is 68.0 Å². The number of amides is 1. The molecule has 1 heterocycles. The Morgan fingerprint density at radius 2 is 2.25 bits per heavy atom. The first-order chi connectivity index (χ1) is 9.56. The fourth-order valence-electron chi connectivity index (χ4n) is 1.55. The predicted octanol–water partition coefficient (Wildman–Crippen LogP) is 2.58. The highest BCUT2D eigenvalue weighted by molar-refractivity contribution is 8.01. The molecule has 2 aromatic rings. The molecule has 0 saturated carbocycles. The van der Waals surface area contributed by atoms with E-state index in [1.165, 1.54) is 29.2 Å². The smallest absolute Gasteiger partial charge is 0.230 e. The molecule has 106 valence electrons. The van der Waals surface area contributed by atoms with Crippen molar-refractivity contribution >= 4 is 34.1 Å². The normalized spacial score (nSPS) is 10.5. The SMILES string of the molecule is Cc1nc(N)sc1SCC(=O)NCc1ccccc1F. The molecule has 0 spiro atoms. The number of benzene rings is 1. The lowest BCUT2D eigenvalue weighted by Crippen LogP contribution is -2.24. The number of carbonyl (C=O) groups excluding carboxylic acids is 1. The number of anilines is 1. The first-order valence-electron chi connectivity index (χ1n) is 5.92. The zero-order valence-corrected chi connectivity index (χ0v) is 12.5. The van der Waals surface area contributed by atoms with Gasteiger partial charge in [-0.1, -0.05) is 29.5 Å². The van der Waals surface area contributed by atoms with E-state index < -0.39 is 0 Å². The quantitative estimate of drug-likeness (QED) is 0.833. The van der Waals surface area contributed by atoms with Gasteiger partial charge in [-0.05, 0) is 13.0 Å². The average Bonchev–Trinajstić information content (AvgIpc) is 2.74. The van der Waals surface area contributed by atoms with Gasteiger partial charge in [0.25, 0.3) is 0 Å². The minimum absolute atomic E-state index is 0.148. The van der Waals surface area contributed by atoms with Crippen LogP contribution in [0.3, 0.4) is 0 Å². The Morgan fingerprint density at radius 1 is 1.50 bits per heavy atom. The van der Waals surface area contributed by atoms with Crippen LogP contribution < -0.4 is 11.1 Å². The first kappa shape index (κ1) is 14.8. The van der Waals surface area contributed by atoms with Crippen molar-refractivity contribution in [2.45, 2.75) is 17.7 Å². The zero-order valence-electron chi connectivity index (χ0n) is 10.9. The molecular formula is C13H14FN3OS2. The Bertz CT molecular complexity index is 615. The van der Waals surface area contributed by atoms with E-state index in [1.54, 1.807) is 18.2 Å². The molecule has 1 amide bonds. The summed E-state index contributed by atoms with van der Waals surface area (Å²) in [4.78, 5) is 15.8. The molecule has 0 radical (unpaired) electrons. The lowest BCUT2D eigenvalue weighted by atomic mass is 10.2. The van der Waals surface area contributed by atoms with E-state index in [4.69, 9.17) is 5.73 Å². The molecular weight excluding hydrogens is 297 g/mol. The maximum atomic E-state index is 13.4. The number of thiazole rings is 1. The number of nitrogen functional groups attached to an aromatic ring is 1. The van der Waals surface area contributed by atoms with Crippen LogP contribution in [0.2, 0.25) is 0 Å². The highest BCUT2D eigenvalue weighted by atomic mass is 32.2. The summed E-state index contributed by atoms with van der Waals surface area (Å²) in [6.07, 6.45) is 0. The van der Waals surface area contributed by atoms with E-state index in [1.807, 2.05) is 6.92 Å². The Kier molecular flexibility index (Phi) is 4.97. The minimum atomic E-state index is -0.313. The van der Waals surface area contributed by atoms with Crippen molar-refractivity contribution in [1.29, 1.82) is 0 Å². The number of nitrogens with one attached hydrogen (secondary N) is 1. The van der Waals surface area contributed by atoms with Gasteiger partial charge >= 0.3 is 0 Å². The molecule has 0 bridgehead atoms. The van der Waals surface area contributed by atoms with Crippen LogP contribution in [0.5, 0.6) is 0 Å². The van der Waals surface area contributed by atoms with Gasteiger partial charge in [0.15, 0.2) is 5.13 Å². The molecule has 20 heavy (non-hydrogen) atoms. The summed E-state index contributed by atoms with van der Waals surface area (Å²) in [5.74, 6) is -0.201. The van der Waals surface area contributed by atoms with Gasteiger partial charge in [-0.2, -0.15) is 0 Å². The number of hydrogen-bond acceptors (Lipinski definition) is 5. The van der Waals surface area contributed by atoms with Gasteiger partial charge in [-0.25, -0.2) is 9.37 Å². The van der Waals surface area contributed by atoms with Crippen molar-refractivity contribution < 1.29 is 9.18 Å². The number of hydrogen-bond donors (Lipinski definition) is 2. The highest BCUT2D eigenvalue weighted by Gasteiger charge is 2.09. The fourth-order valence-corrected chi connectivity index (χ4v) is 3.41. The molecule has 0 unspecified atom stereocenters. The Morgan fingerprint density at radius 3 is 2.90 bits per heavy atom. The highest BCUT2D eigenvalue weighted by Crippen LogP contribution is 2.30. The third-order valence-corrected chi connectivity index (χ3v) is 4.89. The van der Waals surface area contributed by atoms with Crippen LogP contribution in [0.1, 0.15) is 11.3 Å². The summed E-state index contributed by atoms with van der Waals surface area (Å²) in [7, 11) is 0. The zero-order chi connectivity index (χ0) is 14.5. The van der Waals surface area contributed by atoms with Crippen molar-refractivity contribution in [3.63, 3.8) is 0 Å². The van der Waals surface area contributed by atoms with Crippen LogP contribution in [-0.2, 0) is 11.3 Å². The largest absolute Gasteiger partial charge is 0.375 e. The van der Waals surface area contributed by atoms with Crippen molar-refractivity contribution in [2.24, 2.45) is 0 Å². The average molecular weight is 311 g/mol. The number of aromatic nitrogens is 1. The van der Waals surface area contributed by atoms with Gasteiger partial charge in [0.05, 0.1) is 15.7 Å². The predicted molar refractivity (Wildman–Crippen MR) is 80.2 cm³/mol. The second-order valence-electron chi connectivity index (χ2n) is 4.08. The summed E-state index contributed by atoms with van der Waals surface area (Å²) in [5.41, 5.74) is 6.90. The summed E-state index contributed by atoms with van der Waals surface area (Å²) >= 11 is 2.75. The molecule has 0 saturated heterocycles. The second-order valence-corrected chi connectivity index (χ2v) is 6.36. The van der Waals surface area contributed by atoms with Gasteiger partial charge in [0.1, 0.15) is 5.82 Å². The van der Waals surface area contributed by atoms with E-state index in [0.717, 1.165) is 9.90 Å². The molecule has 3 N–H and O–H groups in total. The molecule has 0 aliphatic rings. The number of carbonyl (C=O) groups is 1. The Hall–Kier alpha value is -1.60. The Balaban J connectivity index is 1.82. The third kappa shape index (κ3) is 3.94. The molecule has 1 aromatic carbocycles. The summed E-state index contributed by atoms with van der Waals surface area (Å²) in [5, 5.41) is 3.19. The number of thioether (sulfide) groups is 1. The summed E-state index contributed by atoms with van der Waals surface area (Å²) in [6, 6.07) is 6.38. The number of halogens is 1. The van der Waals surface area contributed by atoms with E-state index in [2.05, 4.69) is 10.3 Å². The molecule has 2 rings (SSSR count). The number of rotatable bonds is 5. The molecule has 7 heteroatoms. The van der Waals surface area contributed by atoms with E-state index in [9.17, 15) is 9.18 Å². The number of aryl methyl sites for hydroxylation is 1. The summed E-state index contributed by atoms with van der Waals surface area (Å²) < 4.78 is 14.3. The van der Waals surface area contributed by atoms with Crippen LogP contribution in [0.25, 0.3) is 0 Å².